The van der Waals surface area contributed by atoms with Gasteiger partial charge >= 0.3 is 6.09 Å². The summed E-state index contributed by atoms with van der Waals surface area (Å²) < 4.78 is 10.9. The van der Waals surface area contributed by atoms with E-state index in [9.17, 15) is 4.79 Å². The van der Waals surface area contributed by atoms with E-state index in [-0.39, 0.29) is 11.6 Å². The fourth-order valence-corrected chi connectivity index (χ4v) is 5.95. The predicted octanol–water partition coefficient (Wildman–Crippen LogP) is 8.35. The molecule has 5 nitrogen and oxygen atoms in total. The molecular weight excluding hydrogens is 516 g/mol. The normalized spacial score (nSPS) is 16.1. The molecule has 208 valence electrons. The number of methoxy groups -OCH3 is 1. The molecule has 38 heavy (non-hydrogen) atoms. The second-order valence-corrected chi connectivity index (χ2v) is 11.9. The summed E-state index contributed by atoms with van der Waals surface area (Å²) in [7, 11) is 1.66. The molecule has 1 fully saturated rings. The quantitative estimate of drug-likeness (QED) is 0.263. The van der Waals surface area contributed by atoms with E-state index in [0.717, 1.165) is 45.3 Å². The number of benzene rings is 2. The largest absolute Gasteiger partial charge is 0.497 e. The summed E-state index contributed by atoms with van der Waals surface area (Å²) in [6.07, 6.45) is 6.74. The number of fused-ring (bicyclic) bond motifs is 2. The van der Waals surface area contributed by atoms with Gasteiger partial charge in [-0.05, 0) is 57.4 Å². The third-order valence-electron chi connectivity index (χ3n) is 7.17. The number of unbranched alkanes of at least 4 members (excludes halogenated alkanes) is 3. The summed E-state index contributed by atoms with van der Waals surface area (Å²) in [6.45, 7) is 12.0. The Labute approximate surface area is 239 Å². The highest BCUT2D eigenvalue weighted by Gasteiger charge is 2.51. The maximum atomic E-state index is 12.7. The van der Waals surface area contributed by atoms with Gasteiger partial charge in [-0.15, -0.1) is 0 Å². The van der Waals surface area contributed by atoms with Crippen LogP contribution in [0, 0.1) is 0 Å². The number of thiocarbonyl (C=S) groups is 1. The number of carbonyl (C=O) groups excluding carboxylic acids is 1. The third-order valence-corrected chi connectivity index (χ3v) is 7.93. The Balaban J connectivity index is 0.000000599. The number of halogens is 1. The Kier molecular flexibility index (Phi) is 10.5. The summed E-state index contributed by atoms with van der Waals surface area (Å²) in [5, 5.41) is 0.729. The zero-order valence-corrected chi connectivity index (χ0v) is 25.4. The molecule has 2 aromatic carbocycles. The Morgan fingerprint density at radius 2 is 1.63 bits per heavy atom. The van der Waals surface area contributed by atoms with Crippen LogP contribution in [0.15, 0.2) is 42.5 Å². The molecule has 1 amide bonds. The van der Waals surface area contributed by atoms with Gasteiger partial charge in [0, 0.05) is 35.8 Å². The van der Waals surface area contributed by atoms with Crippen molar-refractivity contribution in [2.45, 2.75) is 90.8 Å². The first-order chi connectivity index (χ1) is 18.1. The van der Waals surface area contributed by atoms with Crippen molar-refractivity contribution in [1.29, 1.82) is 0 Å². The smallest absolute Gasteiger partial charge is 0.410 e. The van der Waals surface area contributed by atoms with Crippen LogP contribution in [-0.2, 0) is 16.8 Å². The molecule has 1 spiro atoms. The topological polar surface area (TPSA) is 42.0 Å². The van der Waals surface area contributed by atoms with Gasteiger partial charge in [-0.3, -0.25) is 0 Å². The monoisotopic (exact) mass is 558 g/mol. The van der Waals surface area contributed by atoms with E-state index in [0.29, 0.717) is 19.6 Å². The number of nitrogens with zero attached hydrogens (tertiary/aromatic N) is 2. The molecule has 4 rings (SSSR count). The third kappa shape index (κ3) is 7.01. The standard InChI is InChI=1S/C25H29ClN2O3S.C6H14/c1-24(2,3)31-23(29)27-14-12-25(13-15-27)21-19(6-5-7-20(21)26)22(32)28(25)16-17-8-10-18(30-4)11-9-17;1-3-5-6-4-2/h5-11H,12-16H2,1-4H3;3-6H2,1-2H3. The van der Waals surface area contributed by atoms with E-state index in [1.165, 1.54) is 25.7 Å². The number of piperidine rings is 1. The molecule has 0 saturated carbocycles. The average Bonchev–Trinajstić information content (AvgIpc) is 3.11. The van der Waals surface area contributed by atoms with Crippen molar-refractivity contribution in [1.82, 2.24) is 9.80 Å². The summed E-state index contributed by atoms with van der Waals surface area (Å²) in [5.41, 5.74) is 2.39. The van der Waals surface area contributed by atoms with E-state index in [1.54, 1.807) is 12.0 Å². The van der Waals surface area contributed by atoms with Gasteiger partial charge in [0.25, 0.3) is 0 Å². The van der Waals surface area contributed by atoms with Crippen molar-refractivity contribution in [3.8, 4) is 5.75 Å². The van der Waals surface area contributed by atoms with Crippen LogP contribution in [0.2, 0.25) is 5.02 Å². The molecule has 2 aliphatic heterocycles. The highest BCUT2D eigenvalue weighted by atomic mass is 35.5. The minimum atomic E-state index is -0.516. The molecule has 0 unspecified atom stereocenters. The lowest BCUT2D eigenvalue weighted by Gasteiger charge is -2.46. The number of ether oxygens (including phenoxy) is 2. The van der Waals surface area contributed by atoms with E-state index in [2.05, 4.69) is 36.9 Å². The van der Waals surface area contributed by atoms with E-state index < -0.39 is 5.60 Å². The lowest BCUT2D eigenvalue weighted by atomic mass is 9.80. The second-order valence-electron chi connectivity index (χ2n) is 11.1. The second kappa shape index (κ2) is 13.2. The first kappa shape index (κ1) is 30.2. The predicted molar refractivity (Wildman–Crippen MR) is 160 cm³/mol. The SMILES string of the molecule is CCCCCC.COc1ccc(CN2C(=S)c3cccc(Cl)c3C23CCN(C(=O)OC(C)(C)C)CC3)cc1. The van der Waals surface area contributed by atoms with E-state index in [4.69, 9.17) is 33.3 Å². The summed E-state index contributed by atoms with van der Waals surface area (Å²) in [4.78, 5) is 17.6. The first-order valence-electron chi connectivity index (χ1n) is 13.8. The van der Waals surface area contributed by atoms with Gasteiger partial charge in [-0.25, -0.2) is 4.79 Å². The number of rotatable bonds is 6. The van der Waals surface area contributed by atoms with Gasteiger partial charge in [-0.1, -0.05) is 87.6 Å². The molecule has 1 saturated heterocycles. The lowest BCUT2D eigenvalue weighted by Crippen LogP contribution is -2.52. The molecule has 7 heteroatoms. The minimum Gasteiger partial charge on any atom is -0.497 e. The van der Waals surface area contributed by atoms with Gasteiger partial charge in [0.1, 0.15) is 16.3 Å². The van der Waals surface area contributed by atoms with Crippen LogP contribution in [0.1, 0.15) is 89.8 Å². The van der Waals surface area contributed by atoms with Crippen LogP contribution in [0.3, 0.4) is 0 Å². The molecule has 0 bridgehead atoms. The van der Waals surface area contributed by atoms with Gasteiger partial charge < -0.3 is 19.3 Å². The fraction of sp³-hybridized carbons (Fsp3) is 0.548. The van der Waals surface area contributed by atoms with Gasteiger partial charge in [0.05, 0.1) is 12.6 Å². The van der Waals surface area contributed by atoms with Crippen molar-refractivity contribution in [3.05, 3.63) is 64.2 Å². The molecule has 2 heterocycles. The molecular formula is C31H43ClN2O3S. The van der Waals surface area contributed by atoms with Crippen LogP contribution in [-0.4, -0.2) is 46.7 Å². The molecule has 0 radical (unpaired) electrons. The highest BCUT2D eigenvalue weighted by Crippen LogP contribution is 2.50. The number of likely N-dealkylation sites (tertiary alicyclic amines) is 1. The van der Waals surface area contributed by atoms with Crippen molar-refractivity contribution in [3.63, 3.8) is 0 Å². The van der Waals surface area contributed by atoms with Crippen LogP contribution >= 0.6 is 23.8 Å². The number of amides is 1. The van der Waals surface area contributed by atoms with Crippen LogP contribution < -0.4 is 4.74 Å². The Morgan fingerprint density at radius 3 is 2.16 bits per heavy atom. The zero-order chi connectivity index (χ0) is 27.9. The van der Waals surface area contributed by atoms with Crippen molar-refractivity contribution >= 4 is 34.9 Å². The Morgan fingerprint density at radius 1 is 1.03 bits per heavy atom. The molecule has 2 aliphatic rings. The molecule has 0 aliphatic carbocycles. The fourth-order valence-electron chi connectivity index (χ4n) is 5.19. The molecule has 0 N–H and O–H groups in total. The van der Waals surface area contributed by atoms with Gasteiger partial charge in [0.15, 0.2) is 0 Å². The van der Waals surface area contributed by atoms with Crippen molar-refractivity contribution in [2.24, 2.45) is 0 Å². The van der Waals surface area contributed by atoms with Crippen molar-refractivity contribution < 1.29 is 14.3 Å². The summed E-state index contributed by atoms with van der Waals surface area (Å²) >= 11 is 12.7. The number of carbonyl (C=O) groups is 1. The number of hydrogen-bond acceptors (Lipinski definition) is 4. The Hall–Kier alpha value is -2.31. The van der Waals surface area contributed by atoms with E-state index in [1.807, 2.05) is 45.0 Å². The van der Waals surface area contributed by atoms with Crippen LogP contribution in [0.5, 0.6) is 5.75 Å². The van der Waals surface area contributed by atoms with Gasteiger partial charge in [-0.2, -0.15) is 0 Å². The van der Waals surface area contributed by atoms with Crippen LogP contribution in [0.4, 0.5) is 4.79 Å². The summed E-state index contributed by atoms with van der Waals surface area (Å²) in [5.74, 6) is 0.824. The minimum absolute atomic E-state index is 0.269. The maximum Gasteiger partial charge on any atom is 0.410 e. The first-order valence-corrected chi connectivity index (χ1v) is 14.6. The highest BCUT2D eigenvalue weighted by molar-refractivity contribution is 7.80. The zero-order valence-electron chi connectivity index (χ0n) is 23.8. The summed E-state index contributed by atoms with van der Waals surface area (Å²) in [6, 6.07) is 14.0. The van der Waals surface area contributed by atoms with Crippen molar-refractivity contribution in [2.75, 3.05) is 20.2 Å². The van der Waals surface area contributed by atoms with E-state index >= 15 is 0 Å². The lowest BCUT2D eigenvalue weighted by molar-refractivity contribution is 0.00602. The number of hydrogen-bond donors (Lipinski definition) is 0. The average molecular weight is 559 g/mol. The maximum absolute atomic E-state index is 12.7. The molecule has 0 atom stereocenters. The Bertz CT molecular complexity index is 1090. The van der Waals surface area contributed by atoms with Crippen LogP contribution in [0.25, 0.3) is 0 Å². The molecule has 2 aromatic rings. The van der Waals surface area contributed by atoms with Gasteiger partial charge in [0.2, 0.25) is 0 Å². The molecule has 0 aromatic heterocycles.